The van der Waals surface area contributed by atoms with E-state index in [1.807, 2.05) is 73.6 Å². The predicted molar refractivity (Wildman–Crippen MR) is 84.4 cm³/mol. The van der Waals surface area contributed by atoms with Gasteiger partial charge < -0.3 is 15.0 Å². The van der Waals surface area contributed by atoms with Gasteiger partial charge in [0.1, 0.15) is 12.4 Å². The van der Waals surface area contributed by atoms with Gasteiger partial charge in [0.15, 0.2) is 0 Å². The van der Waals surface area contributed by atoms with Crippen LogP contribution < -0.4 is 10.1 Å². The molecule has 2 aromatic carbocycles. The highest BCUT2D eigenvalue weighted by molar-refractivity contribution is 5.92. The second-order valence-electron chi connectivity index (χ2n) is 5.09. The first-order valence-electron chi connectivity index (χ1n) is 6.85. The van der Waals surface area contributed by atoms with Gasteiger partial charge in [0.2, 0.25) is 5.91 Å². The van der Waals surface area contributed by atoms with Crippen LogP contribution in [0.4, 0.5) is 5.69 Å². The monoisotopic (exact) mass is 284 g/mol. The molecule has 0 aliphatic rings. The fourth-order valence-electron chi connectivity index (χ4n) is 1.89. The molecular formula is C17H20N2O2. The van der Waals surface area contributed by atoms with E-state index in [1.54, 1.807) is 0 Å². The van der Waals surface area contributed by atoms with Crippen LogP contribution in [-0.2, 0) is 11.4 Å². The molecule has 2 rings (SSSR count). The summed E-state index contributed by atoms with van der Waals surface area (Å²) in [6.45, 7) is 0.866. The molecule has 0 aliphatic heterocycles. The number of benzene rings is 2. The Hall–Kier alpha value is -2.33. The lowest BCUT2D eigenvalue weighted by Gasteiger charge is -2.11. The summed E-state index contributed by atoms with van der Waals surface area (Å²) in [6.07, 6.45) is 0. The van der Waals surface area contributed by atoms with Crippen LogP contribution in [0.15, 0.2) is 54.6 Å². The molecule has 110 valence electrons. The largest absolute Gasteiger partial charge is 0.489 e. The number of anilines is 1. The van der Waals surface area contributed by atoms with Crippen molar-refractivity contribution in [3.05, 3.63) is 60.2 Å². The molecule has 0 spiro atoms. The first-order chi connectivity index (χ1) is 10.1. The molecule has 0 aromatic heterocycles. The van der Waals surface area contributed by atoms with Crippen molar-refractivity contribution >= 4 is 11.6 Å². The summed E-state index contributed by atoms with van der Waals surface area (Å²) in [5.41, 5.74) is 1.85. The molecule has 4 heteroatoms. The summed E-state index contributed by atoms with van der Waals surface area (Å²) in [5.74, 6) is 0.696. The number of nitrogens with one attached hydrogen (secondary N) is 1. The van der Waals surface area contributed by atoms with Crippen LogP contribution in [-0.4, -0.2) is 31.4 Å². The molecule has 0 saturated carbocycles. The van der Waals surface area contributed by atoms with Gasteiger partial charge >= 0.3 is 0 Å². The van der Waals surface area contributed by atoms with Crippen molar-refractivity contribution < 1.29 is 9.53 Å². The molecule has 1 amide bonds. The molecule has 0 atom stereocenters. The fourth-order valence-corrected chi connectivity index (χ4v) is 1.89. The second kappa shape index (κ2) is 7.45. The third-order valence-corrected chi connectivity index (χ3v) is 2.83. The van der Waals surface area contributed by atoms with E-state index in [4.69, 9.17) is 4.74 Å². The predicted octanol–water partition coefficient (Wildman–Crippen LogP) is 2.77. The Morgan fingerprint density at radius 1 is 1.10 bits per heavy atom. The zero-order valence-electron chi connectivity index (χ0n) is 12.4. The standard InChI is InChI=1S/C17H20N2O2/c1-19(2)12-17(20)18-15-9-6-10-16(11-15)21-13-14-7-4-3-5-8-14/h3-11H,12-13H2,1-2H3,(H,18,20). The van der Waals surface area contributed by atoms with E-state index in [1.165, 1.54) is 0 Å². The average molecular weight is 284 g/mol. The maximum absolute atomic E-state index is 11.7. The lowest BCUT2D eigenvalue weighted by atomic mass is 10.2. The van der Waals surface area contributed by atoms with E-state index in [2.05, 4.69) is 5.32 Å². The molecule has 4 nitrogen and oxygen atoms in total. The van der Waals surface area contributed by atoms with Gasteiger partial charge in [-0.05, 0) is 31.8 Å². The number of hydrogen-bond acceptors (Lipinski definition) is 3. The number of carbonyl (C=O) groups is 1. The normalized spacial score (nSPS) is 10.4. The Bertz CT molecular complexity index is 582. The third-order valence-electron chi connectivity index (χ3n) is 2.83. The van der Waals surface area contributed by atoms with E-state index in [0.717, 1.165) is 17.0 Å². The molecule has 1 N–H and O–H groups in total. The van der Waals surface area contributed by atoms with E-state index < -0.39 is 0 Å². The number of hydrogen-bond donors (Lipinski definition) is 1. The van der Waals surface area contributed by atoms with Crippen molar-refractivity contribution in [3.63, 3.8) is 0 Å². The SMILES string of the molecule is CN(C)CC(=O)Nc1cccc(OCc2ccccc2)c1. The highest BCUT2D eigenvalue weighted by atomic mass is 16.5. The molecule has 0 bridgehead atoms. The van der Waals surface area contributed by atoms with Crippen LogP contribution in [0.25, 0.3) is 0 Å². The molecule has 0 unspecified atom stereocenters. The Morgan fingerprint density at radius 2 is 1.86 bits per heavy atom. The van der Waals surface area contributed by atoms with Gasteiger partial charge in [-0.2, -0.15) is 0 Å². The topological polar surface area (TPSA) is 41.6 Å². The first kappa shape index (κ1) is 15.1. The van der Waals surface area contributed by atoms with E-state index in [9.17, 15) is 4.79 Å². The molecule has 21 heavy (non-hydrogen) atoms. The van der Waals surface area contributed by atoms with Gasteiger partial charge in [0, 0.05) is 11.8 Å². The Morgan fingerprint density at radius 3 is 2.57 bits per heavy atom. The smallest absolute Gasteiger partial charge is 0.238 e. The van der Waals surface area contributed by atoms with Crippen LogP contribution in [0, 0.1) is 0 Å². The van der Waals surface area contributed by atoms with Crippen molar-refractivity contribution in [1.82, 2.24) is 4.90 Å². The van der Waals surface area contributed by atoms with Crippen LogP contribution in [0.3, 0.4) is 0 Å². The summed E-state index contributed by atoms with van der Waals surface area (Å²) in [7, 11) is 3.72. The maximum atomic E-state index is 11.7. The quantitative estimate of drug-likeness (QED) is 0.887. The Balaban J connectivity index is 1.93. The van der Waals surface area contributed by atoms with Crippen LogP contribution in [0.5, 0.6) is 5.75 Å². The maximum Gasteiger partial charge on any atom is 0.238 e. The van der Waals surface area contributed by atoms with Crippen molar-refractivity contribution in [2.75, 3.05) is 26.0 Å². The number of rotatable bonds is 6. The van der Waals surface area contributed by atoms with Gasteiger partial charge in [0.05, 0.1) is 6.54 Å². The summed E-state index contributed by atoms with van der Waals surface area (Å²) in [5, 5.41) is 2.85. The zero-order valence-corrected chi connectivity index (χ0v) is 12.4. The second-order valence-corrected chi connectivity index (χ2v) is 5.09. The number of likely N-dealkylation sites (N-methyl/N-ethyl adjacent to an activating group) is 1. The number of carbonyl (C=O) groups excluding carboxylic acids is 1. The summed E-state index contributed by atoms with van der Waals surface area (Å²) >= 11 is 0. The van der Waals surface area contributed by atoms with Crippen molar-refractivity contribution in [1.29, 1.82) is 0 Å². The molecule has 0 aliphatic carbocycles. The van der Waals surface area contributed by atoms with E-state index >= 15 is 0 Å². The highest BCUT2D eigenvalue weighted by Crippen LogP contribution is 2.18. The minimum Gasteiger partial charge on any atom is -0.489 e. The van der Waals surface area contributed by atoms with Crippen LogP contribution >= 0.6 is 0 Å². The third kappa shape index (κ3) is 5.28. The number of ether oxygens (including phenoxy) is 1. The Labute approximate surface area is 125 Å². The minimum absolute atomic E-state index is 0.0415. The van der Waals surface area contributed by atoms with Gasteiger partial charge in [-0.15, -0.1) is 0 Å². The van der Waals surface area contributed by atoms with Gasteiger partial charge in [-0.25, -0.2) is 0 Å². The zero-order chi connectivity index (χ0) is 15.1. The molecular weight excluding hydrogens is 264 g/mol. The van der Waals surface area contributed by atoms with E-state index in [0.29, 0.717) is 13.2 Å². The molecule has 0 heterocycles. The summed E-state index contributed by atoms with van der Waals surface area (Å²) < 4.78 is 5.73. The number of nitrogens with zero attached hydrogens (tertiary/aromatic N) is 1. The van der Waals surface area contributed by atoms with Crippen molar-refractivity contribution in [2.45, 2.75) is 6.61 Å². The lowest BCUT2D eigenvalue weighted by molar-refractivity contribution is -0.116. The van der Waals surface area contributed by atoms with Gasteiger partial charge in [-0.1, -0.05) is 36.4 Å². The van der Waals surface area contributed by atoms with Crippen LogP contribution in [0.2, 0.25) is 0 Å². The Kier molecular flexibility index (Phi) is 5.35. The van der Waals surface area contributed by atoms with Crippen LogP contribution in [0.1, 0.15) is 5.56 Å². The summed E-state index contributed by atoms with van der Waals surface area (Å²) in [6, 6.07) is 17.4. The van der Waals surface area contributed by atoms with E-state index in [-0.39, 0.29) is 5.91 Å². The lowest BCUT2D eigenvalue weighted by Crippen LogP contribution is -2.27. The molecule has 0 radical (unpaired) electrons. The van der Waals surface area contributed by atoms with Crippen molar-refractivity contribution in [2.24, 2.45) is 0 Å². The number of amides is 1. The molecule has 0 saturated heterocycles. The fraction of sp³-hybridized carbons (Fsp3) is 0.235. The van der Waals surface area contributed by atoms with Gasteiger partial charge in [-0.3, -0.25) is 4.79 Å². The average Bonchev–Trinajstić information content (AvgIpc) is 2.46. The highest BCUT2D eigenvalue weighted by Gasteiger charge is 2.04. The molecule has 2 aromatic rings. The van der Waals surface area contributed by atoms with Crippen molar-refractivity contribution in [3.8, 4) is 5.75 Å². The minimum atomic E-state index is -0.0415. The summed E-state index contributed by atoms with van der Waals surface area (Å²) in [4.78, 5) is 13.5. The first-order valence-corrected chi connectivity index (χ1v) is 6.85. The van der Waals surface area contributed by atoms with Gasteiger partial charge in [0.25, 0.3) is 0 Å². The molecule has 0 fully saturated rings.